The number of ether oxygens (including phenoxy) is 2. The summed E-state index contributed by atoms with van der Waals surface area (Å²) in [4.78, 5) is 30.1. The monoisotopic (exact) mass is 371 g/mol. The van der Waals surface area contributed by atoms with Crippen LogP contribution in [0.4, 0.5) is 9.59 Å². The molecule has 0 spiro atoms. The molecule has 0 aliphatic carbocycles. The fourth-order valence-electron chi connectivity index (χ4n) is 2.82. The number of unbranched alkanes of at least 4 members (excludes halogenated alkanes) is 2. The van der Waals surface area contributed by atoms with Crippen molar-refractivity contribution in [1.29, 1.82) is 0 Å². The molecule has 0 aromatic rings. The van der Waals surface area contributed by atoms with Gasteiger partial charge in [0.25, 0.3) is 0 Å². The van der Waals surface area contributed by atoms with Gasteiger partial charge in [-0.1, -0.05) is 19.8 Å². The first kappa shape index (κ1) is 22.5. The maximum absolute atomic E-state index is 12.3. The van der Waals surface area contributed by atoms with Gasteiger partial charge in [0.1, 0.15) is 0 Å². The Morgan fingerprint density at radius 1 is 0.923 bits per heavy atom. The van der Waals surface area contributed by atoms with E-state index in [1.165, 1.54) is 0 Å². The number of carbonyl (C=O) groups is 2. The van der Waals surface area contributed by atoms with Gasteiger partial charge in [-0.3, -0.25) is 4.90 Å². The van der Waals surface area contributed by atoms with Crippen LogP contribution in [-0.4, -0.2) is 84.9 Å². The average molecular weight is 372 g/mol. The highest BCUT2D eigenvalue weighted by Crippen LogP contribution is 2.08. The Labute approximate surface area is 158 Å². The van der Waals surface area contributed by atoms with Crippen molar-refractivity contribution in [1.82, 2.24) is 14.7 Å². The SMILES string of the molecule is CCCCCN(CCN1CCN(C(=O)OC(C)C)CC1)C(=O)OC(C)C. The largest absolute Gasteiger partial charge is 0.447 e. The minimum atomic E-state index is -0.235. The molecule has 1 rings (SSSR count). The lowest BCUT2D eigenvalue weighted by Crippen LogP contribution is -2.51. The van der Waals surface area contributed by atoms with Crippen LogP contribution in [0.2, 0.25) is 0 Å². The van der Waals surface area contributed by atoms with Crippen LogP contribution in [0.1, 0.15) is 53.9 Å². The molecule has 0 unspecified atom stereocenters. The van der Waals surface area contributed by atoms with Crippen molar-refractivity contribution in [3.8, 4) is 0 Å². The summed E-state index contributed by atoms with van der Waals surface area (Å²) in [5.41, 5.74) is 0. The summed E-state index contributed by atoms with van der Waals surface area (Å²) in [6.07, 6.45) is 2.58. The quantitative estimate of drug-likeness (QED) is 0.583. The zero-order valence-electron chi connectivity index (χ0n) is 17.2. The van der Waals surface area contributed by atoms with Gasteiger partial charge in [0.2, 0.25) is 0 Å². The van der Waals surface area contributed by atoms with E-state index in [1.807, 2.05) is 32.6 Å². The Hall–Kier alpha value is -1.50. The van der Waals surface area contributed by atoms with Gasteiger partial charge in [0, 0.05) is 45.8 Å². The van der Waals surface area contributed by atoms with Crippen LogP contribution >= 0.6 is 0 Å². The molecule has 1 saturated heterocycles. The number of rotatable bonds is 9. The Morgan fingerprint density at radius 2 is 1.54 bits per heavy atom. The number of hydrogen-bond acceptors (Lipinski definition) is 5. The van der Waals surface area contributed by atoms with Crippen LogP contribution in [0, 0.1) is 0 Å². The highest BCUT2D eigenvalue weighted by atomic mass is 16.6. The molecule has 152 valence electrons. The predicted octanol–water partition coefficient (Wildman–Crippen LogP) is 3.19. The first-order chi connectivity index (χ1) is 12.3. The summed E-state index contributed by atoms with van der Waals surface area (Å²) in [5, 5.41) is 0. The number of hydrogen-bond donors (Lipinski definition) is 0. The summed E-state index contributed by atoms with van der Waals surface area (Å²) in [6.45, 7) is 14.7. The van der Waals surface area contributed by atoms with E-state index in [-0.39, 0.29) is 24.4 Å². The van der Waals surface area contributed by atoms with Crippen LogP contribution < -0.4 is 0 Å². The van der Waals surface area contributed by atoms with Crippen molar-refractivity contribution >= 4 is 12.2 Å². The molecule has 1 heterocycles. The molecule has 0 aromatic carbocycles. The third-order valence-corrected chi connectivity index (χ3v) is 4.28. The average Bonchev–Trinajstić information content (AvgIpc) is 2.57. The molecule has 0 aromatic heterocycles. The Balaban J connectivity index is 2.41. The van der Waals surface area contributed by atoms with Crippen LogP contribution in [0.5, 0.6) is 0 Å². The molecule has 1 fully saturated rings. The first-order valence-electron chi connectivity index (χ1n) is 9.97. The Bertz CT molecular complexity index is 421. The molecule has 0 atom stereocenters. The van der Waals surface area contributed by atoms with Gasteiger partial charge in [-0.15, -0.1) is 0 Å². The van der Waals surface area contributed by atoms with Crippen molar-refractivity contribution in [2.75, 3.05) is 45.8 Å². The van der Waals surface area contributed by atoms with E-state index in [0.29, 0.717) is 19.6 Å². The molecule has 26 heavy (non-hydrogen) atoms. The van der Waals surface area contributed by atoms with Crippen molar-refractivity contribution in [3.63, 3.8) is 0 Å². The number of carbonyl (C=O) groups excluding carboxylic acids is 2. The highest BCUT2D eigenvalue weighted by Gasteiger charge is 2.24. The second-order valence-electron chi connectivity index (χ2n) is 7.39. The third-order valence-electron chi connectivity index (χ3n) is 4.28. The molecule has 7 heteroatoms. The summed E-state index contributed by atoms with van der Waals surface area (Å²) in [5.74, 6) is 0. The first-order valence-corrected chi connectivity index (χ1v) is 9.97. The van der Waals surface area contributed by atoms with Gasteiger partial charge in [-0.05, 0) is 34.1 Å². The third kappa shape index (κ3) is 8.74. The van der Waals surface area contributed by atoms with E-state index < -0.39 is 0 Å². The molecule has 0 saturated carbocycles. The van der Waals surface area contributed by atoms with Crippen LogP contribution in [-0.2, 0) is 9.47 Å². The molecule has 1 aliphatic heterocycles. The highest BCUT2D eigenvalue weighted by molar-refractivity contribution is 5.68. The van der Waals surface area contributed by atoms with Crippen LogP contribution in [0.25, 0.3) is 0 Å². The van der Waals surface area contributed by atoms with E-state index in [0.717, 1.165) is 45.4 Å². The maximum atomic E-state index is 12.3. The molecule has 0 bridgehead atoms. The normalized spacial score (nSPS) is 15.4. The Kier molecular flexibility index (Phi) is 10.4. The molecule has 2 amide bonds. The summed E-state index contributed by atoms with van der Waals surface area (Å²) < 4.78 is 10.6. The van der Waals surface area contributed by atoms with Crippen LogP contribution in [0.3, 0.4) is 0 Å². The number of amides is 2. The fourth-order valence-corrected chi connectivity index (χ4v) is 2.82. The molecular weight excluding hydrogens is 334 g/mol. The topological polar surface area (TPSA) is 62.3 Å². The molecule has 7 nitrogen and oxygen atoms in total. The molecule has 0 radical (unpaired) electrons. The fraction of sp³-hybridized carbons (Fsp3) is 0.895. The van der Waals surface area contributed by atoms with Crippen molar-refractivity contribution in [2.24, 2.45) is 0 Å². The van der Waals surface area contributed by atoms with E-state index in [1.54, 1.807) is 4.90 Å². The second-order valence-corrected chi connectivity index (χ2v) is 7.39. The van der Waals surface area contributed by atoms with Crippen LogP contribution in [0.15, 0.2) is 0 Å². The smallest absolute Gasteiger partial charge is 0.410 e. The standard InChI is InChI=1S/C19H37N3O4/c1-6-7-8-9-21(18(23)25-16(2)3)13-10-20-11-14-22(15-12-20)19(24)26-17(4)5/h16-17H,6-15H2,1-5H3. The van der Waals surface area contributed by atoms with Gasteiger partial charge in [-0.25, -0.2) is 9.59 Å². The second kappa shape index (κ2) is 12.0. The molecular formula is C19H37N3O4. The molecule has 1 aliphatic rings. The molecule has 0 N–H and O–H groups in total. The van der Waals surface area contributed by atoms with Crippen molar-refractivity contribution in [2.45, 2.75) is 66.1 Å². The van der Waals surface area contributed by atoms with Gasteiger partial charge in [0.05, 0.1) is 12.2 Å². The Morgan fingerprint density at radius 3 is 2.08 bits per heavy atom. The lowest BCUT2D eigenvalue weighted by Gasteiger charge is -2.35. The number of piperazine rings is 1. The van der Waals surface area contributed by atoms with E-state index in [9.17, 15) is 9.59 Å². The minimum absolute atomic E-state index is 0.0934. The zero-order valence-corrected chi connectivity index (χ0v) is 17.2. The minimum Gasteiger partial charge on any atom is -0.447 e. The number of nitrogens with zero attached hydrogens (tertiary/aromatic N) is 3. The summed E-state index contributed by atoms with van der Waals surface area (Å²) >= 11 is 0. The van der Waals surface area contributed by atoms with Crippen molar-refractivity contribution in [3.05, 3.63) is 0 Å². The maximum Gasteiger partial charge on any atom is 0.410 e. The van der Waals surface area contributed by atoms with E-state index >= 15 is 0 Å². The van der Waals surface area contributed by atoms with Gasteiger partial charge in [-0.2, -0.15) is 0 Å². The summed E-state index contributed by atoms with van der Waals surface area (Å²) in [7, 11) is 0. The van der Waals surface area contributed by atoms with Gasteiger partial charge in [0.15, 0.2) is 0 Å². The zero-order chi connectivity index (χ0) is 19.5. The van der Waals surface area contributed by atoms with E-state index in [4.69, 9.17) is 9.47 Å². The van der Waals surface area contributed by atoms with E-state index in [2.05, 4.69) is 11.8 Å². The lowest BCUT2D eigenvalue weighted by atomic mass is 10.2. The van der Waals surface area contributed by atoms with Gasteiger partial charge >= 0.3 is 12.2 Å². The predicted molar refractivity (Wildman–Crippen MR) is 102 cm³/mol. The lowest BCUT2D eigenvalue weighted by molar-refractivity contribution is 0.0519. The summed E-state index contributed by atoms with van der Waals surface area (Å²) in [6, 6.07) is 0. The van der Waals surface area contributed by atoms with Gasteiger partial charge < -0.3 is 19.3 Å². The van der Waals surface area contributed by atoms with Crippen molar-refractivity contribution < 1.29 is 19.1 Å².